The van der Waals surface area contributed by atoms with Crippen molar-refractivity contribution in [2.45, 2.75) is 38.4 Å². The van der Waals surface area contributed by atoms with E-state index in [-0.39, 0.29) is 47.3 Å². The van der Waals surface area contributed by atoms with Gasteiger partial charge >= 0.3 is 6.09 Å². The highest BCUT2D eigenvalue weighted by Gasteiger charge is 2.48. The van der Waals surface area contributed by atoms with E-state index in [2.05, 4.69) is 25.5 Å². The molecule has 1 spiro atoms. The highest BCUT2D eigenvalue weighted by Crippen LogP contribution is 2.43. The van der Waals surface area contributed by atoms with Gasteiger partial charge in [0.25, 0.3) is 0 Å². The standard InChI is InChI=1S/C38H37Cl2FN6O6/c1-52-30-13-22(12-28(41)27(30)17-46-19-38(20-46)14-32(49)43-18-38)35-34(40)25(10-11-42-35)24-4-3-5-26(33(24)39)29-8-6-21(36(45-29)53-2)15-47(37(50)51)16-23-7-9-31(48)44-23/h3-6,8,10-13,23H,7,9,14-20H2,1-2H3,(H,43,49)(H,44,48)(H,50,51)/t23-/m0/s1. The third-order valence-electron chi connectivity index (χ3n) is 10.1. The first-order valence-corrected chi connectivity index (χ1v) is 17.8. The molecule has 276 valence electrons. The smallest absolute Gasteiger partial charge is 0.407 e. The van der Waals surface area contributed by atoms with Gasteiger partial charge in [0.2, 0.25) is 17.7 Å². The van der Waals surface area contributed by atoms with Gasteiger partial charge in [-0.05, 0) is 36.8 Å². The van der Waals surface area contributed by atoms with Crippen molar-refractivity contribution in [3.63, 3.8) is 0 Å². The first kappa shape index (κ1) is 36.4. The number of nitrogens with one attached hydrogen (secondary N) is 2. The van der Waals surface area contributed by atoms with Crippen molar-refractivity contribution in [1.82, 2.24) is 30.4 Å². The number of rotatable bonds is 11. The number of hydrogen-bond acceptors (Lipinski definition) is 8. The summed E-state index contributed by atoms with van der Waals surface area (Å²) in [4.78, 5) is 48.0. The summed E-state index contributed by atoms with van der Waals surface area (Å²) in [6, 6.07) is 13.5. The molecule has 53 heavy (non-hydrogen) atoms. The lowest BCUT2D eigenvalue weighted by Crippen LogP contribution is -2.56. The van der Waals surface area contributed by atoms with E-state index >= 15 is 4.39 Å². The van der Waals surface area contributed by atoms with Crippen molar-refractivity contribution >= 4 is 41.1 Å². The topological polar surface area (TPSA) is 146 Å². The van der Waals surface area contributed by atoms with E-state index in [1.54, 1.807) is 36.5 Å². The summed E-state index contributed by atoms with van der Waals surface area (Å²) in [5.74, 6) is 0.104. The van der Waals surface area contributed by atoms with Gasteiger partial charge in [0, 0.05) is 96.6 Å². The molecular formula is C38H37Cl2FN6O6. The van der Waals surface area contributed by atoms with Gasteiger partial charge in [0.1, 0.15) is 11.6 Å². The van der Waals surface area contributed by atoms with Crippen LogP contribution in [0.2, 0.25) is 10.0 Å². The van der Waals surface area contributed by atoms with Crippen LogP contribution >= 0.6 is 23.2 Å². The highest BCUT2D eigenvalue weighted by molar-refractivity contribution is 6.39. The van der Waals surface area contributed by atoms with E-state index < -0.39 is 11.9 Å². The van der Waals surface area contributed by atoms with Crippen molar-refractivity contribution < 1.29 is 33.4 Å². The molecule has 2 aromatic heterocycles. The van der Waals surface area contributed by atoms with Crippen molar-refractivity contribution in [1.29, 1.82) is 0 Å². The fourth-order valence-corrected chi connectivity index (χ4v) is 8.15. The maximum atomic E-state index is 15.8. The maximum absolute atomic E-state index is 15.8. The minimum Gasteiger partial charge on any atom is -0.496 e. The molecule has 3 fully saturated rings. The maximum Gasteiger partial charge on any atom is 0.407 e. The minimum atomic E-state index is -1.12. The van der Waals surface area contributed by atoms with Gasteiger partial charge in [0.15, 0.2) is 0 Å². The normalized spacial score (nSPS) is 17.7. The molecule has 0 unspecified atom stereocenters. The number of ether oxygens (including phenoxy) is 2. The molecule has 3 aliphatic heterocycles. The van der Waals surface area contributed by atoms with E-state index in [4.69, 9.17) is 32.7 Å². The molecule has 0 radical (unpaired) electrons. The molecule has 12 nitrogen and oxygen atoms in total. The molecule has 3 aliphatic rings. The van der Waals surface area contributed by atoms with Crippen molar-refractivity contribution in [3.8, 4) is 45.3 Å². The Balaban J connectivity index is 1.13. The van der Waals surface area contributed by atoms with Crippen LogP contribution in [-0.2, 0) is 22.7 Å². The summed E-state index contributed by atoms with van der Waals surface area (Å²) in [6.07, 6.45) is 1.88. The molecule has 3 N–H and O–H groups in total. The minimum absolute atomic E-state index is 0.00647. The van der Waals surface area contributed by atoms with Gasteiger partial charge < -0.3 is 30.1 Å². The molecule has 7 rings (SSSR count). The Morgan fingerprint density at radius 2 is 1.83 bits per heavy atom. The summed E-state index contributed by atoms with van der Waals surface area (Å²) < 4.78 is 27.0. The zero-order valence-electron chi connectivity index (χ0n) is 29.0. The Morgan fingerprint density at radius 3 is 2.51 bits per heavy atom. The van der Waals surface area contributed by atoms with Gasteiger partial charge in [-0.25, -0.2) is 14.2 Å². The zero-order valence-corrected chi connectivity index (χ0v) is 30.6. The van der Waals surface area contributed by atoms with E-state index in [1.807, 2.05) is 12.1 Å². The van der Waals surface area contributed by atoms with Gasteiger partial charge in [-0.15, -0.1) is 0 Å². The Hall–Kier alpha value is -4.98. The number of nitrogens with zero attached hydrogens (tertiary/aromatic N) is 4. The molecule has 0 aliphatic carbocycles. The zero-order chi connectivity index (χ0) is 37.4. The highest BCUT2D eigenvalue weighted by atomic mass is 35.5. The van der Waals surface area contributed by atoms with Gasteiger partial charge in [0.05, 0.1) is 42.2 Å². The predicted molar refractivity (Wildman–Crippen MR) is 196 cm³/mol. The van der Waals surface area contributed by atoms with Crippen LogP contribution in [0.3, 0.4) is 0 Å². The van der Waals surface area contributed by atoms with Crippen molar-refractivity contribution in [2.24, 2.45) is 5.41 Å². The Bertz CT molecular complexity index is 2110. The number of carboxylic acid groups (broad SMARTS) is 1. The van der Waals surface area contributed by atoms with E-state index in [1.165, 1.54) is 25.2 Å². The van der Waals surface area contributed by atoms with Crippen LogP contribution < -0.4 is 20.1 Å². The molecule has 0 saturated carbocycles. The Labute approximate surface area is 315 Å². The van der Waals surface area contributed by atoms with Crippen LogP contribution in [0.25, 0.3) is 33.6 Å². The number of aromatic nitrogens is 2. The van der Waals surface area contributed by atoms with Crippen LogP contribution in [0.5, 0.6) is 11.6 Å². The van der Waals surface area contributed by atoms with Crippen LogP contribution in [-0.4, -0.2) is 89.2 Å². The van der Waals surface area contributed by atoms with Crippen molar-refractivity contribution in [3.05, 3.63) is 81.7 Å². The quantitative estimate of drug-likeness (QED) is 0.167. The average Bonchev–Trinajstić information content (AvgIpc) is 3.73. The van der Waals surface area contributed by atoms with Gasteiger partial charge in [-0.3, -0.25) is 19.5 Å². The largest absolute Gasteiger partial charge is 0.496 e. The summed E-state index contributed by atoms with van der Waals surface area (Å²) in [5.41, 5.74) is 3.88. The van der Waals surface area contributed by atoms with E-state index in [0.29, 0.717) is 101 Å². The lowest BCUT2D eigenvalue weighted by Gasteiger charge is -2.47. The second kappa shape index (κ2) is 14.8. The van der Waals surface area contributed by atoms with Crippen LogP contribution in [0.1, 0.15) is 30.4 Å². The number of hydrogen-bond donors (Lipinski definition) is 3. The lowest BCUT2D eigenvalue weighted by atomic mass is 9.79. The van der Waals surface area contributed by atoms with Crippen LogP contribution in [0, 0.1) is 11.2 Å². The number of carbonyl (C=O) groups excluding carboxylic acids is 2. The first-order valence-electron chi connectivity index (χ1n) is 17.1. The molecule has 5 heterocycles. The third kappa shape index (κ3) is 7.33. The molecule has 15 heteroatoms. The molecule has 0 bridgehead atoms. The molecule has 3 saturated heterocycles. The number of carbonyl (C=O) groups is 3. The second-order valence-electron chi connectivity index (χ2n) is 13.8. The van der Waals surface area contributed by atoms with Gasteiger partial charge in [-0.1, -0.05) is 41.4 Å². The summed E-state index contributed by atoms with van der Waals surface area (Å²) in [6.45, 7) is 2.52. The predicted octanol–water partition coefficient (Wildman–Crippen LogP) is 6.02. The average molecular weight is 764 g/mol. The monoisotopic (exact) mass is 762 g/mol. The molecule has 2 aromatic carbocycles. The molecular weight excluding hydrogens is 726 g/mol. The first-order chi connectivity index (χ1) is 25.5. The Morgan fingerprint density at radius 1 is 1.06 bits per heavy atom. The van der Waals surface area contributed by atoms with Crippen LogP contribution in [0.4, 0.5) is 9.18 Å². The summed E-state index contributed by atoms with van der Waals surface area (Å²) in [7, 11) is 2.95. The molecule has 1 atom stereocenters. The number of benzene rings is 2. The molecule has 3 amide bonds. The number of pyridine rings is 2. The summed E-state index contributed by atoms with van der Waals surface area (Å²) in [5, 5.41) is 16.2. The van der Waals surface area contributed by atoms with Crippen LogP contribution in [0.15, 0.2) is 54.7 Å². The number of amides is 3. The lowest BCUT2D eigenvalue weighted by molar-refractivity contribution is -0.121. The SMILES string of the molecule is COc1cc(-c2nccc(-c3cccc(-c4ccc(CN(C[C@@H]5CCC(=O)N5)C(=O)O)c(OC)n4)c3Cl)c2Cl)cc(F)c1CN1CC2(CNC(=O)C2)C1. The fourth-order valence-electron chi connectivity index (χ4n) is 7.50. The fraction of sp³-hybridized carbons (Fsp3) is 0.342. The summed E-state index contributed by atoms with van der Waals surface area (Å²) >= 11 is 14.0. The molecule has 4 aromatic rings. The third-order valence-corrected chi connectivity index (χ3v) is 10.9. The van der Waals surface area contributed by atoms with E-state index in [9.17, 15) is 19.5 Å². The number of likely N-dealkylation sites (tertiary alicyclic amines) is 1. The second-order valence-corrected chi connectivity index (χ2v) is 14.5. The van der Waals surface area contributed by atoms with Gasteiger partial charge in [-0.2, -0.15) is 0 Å². The number of methoxy groups -OCH3 is 2. The van der Waals surface area contributed by atoms with Crippen molar-refractivity contribution in [2.75, 3.05) is 40.4 Å². The Kier molecular flexibility index (Phi) is 10.2. The van der Waals surface area contributed by atoms with E-state index in [0.717, 1.165) is 0 Å². The number of halogens is 3.